The summed E-state index contributed by atoms with van der Waals surface area (Å²) in [4.78, 5) is 12.9. The molecule has 3 aromatic carbocycles. The number of hydrogen-bond donors (Lipinski definition) is 1. The average molecular weight is 429 g/mol. The Bertz CT molecular complexity index is 1100. The second kappa shape index (κ2) is 8.68. The molecule has 0 radical (unpaired) electrons. The standard InChI is InChI=1S/C22H21ClN2O3S/c1-16(17-9-5-3-6-10-17)24-22(26)20-15-18(13-14-21(20)23)25(2)29(27,28)19-11-7-4-8-12-19/h3-16H,1-2H3,(H,24,26)/t16-/m1/s1. The number of hydrogen-bond acceptors (Lipinski definition) is 3. The van der Waals surface area contributed by atoms with E-state index < -0.39 is 10.0 Å². The molecule has 0 heterocycles. The third-order valence-corrected chi connectivity index (χ3v) is 6.74. The van der Waals surface area contributed by atoms with Gasteiger partial charge in [-0.3, -0.25) is 9.10 Å². The van der Waals surface area contributed by atoms with Crippen LogP contribution in [-0.2, 0) is 10.0 Å². The zero-order valence-corrected chi connectivity index (χ0v) is 17.6. The van der Waals surface area contributed by atoms with Crippen molar-refractivity contribution < 1.29 is 13.2 Å². The van der Waals surface area contributed by atoms with E-state index in [2.05, 4.69) is 5.32 Å². The van der Waals surface area contributed by atoms with E-state index in [4.69, 9.17) is 11.6 Å². The Labute approximate surface area is 176 Å². The Morgan fingerprint density at radius 2 is 1.55 bits per heavy atom. The van der Waals surface area contributed by atoms with Crippen molar-refractivity contribution in [3.8, 4) is 0 Å². The van der Waals surface area contributed by atoms with Crippen LogP contribution in [0, 0.1) is 0 Å². The van der Waals surface area contributed by atoms with Gasteiger partial charge in [-0.25, -0.2) is 8.42 Å². The molecule has 0 aliphatic carbocycles. The molecule has 0 aliphatic heterocycles. The number of nitrogens with zero attached hydrogens (tertiary/aromatic N) is 1. The maximum atomic E-state index is 12.9. The first-order chi connectivity index (χ1) is 13.8. The van der Waals surface area contributed by atoms with Crippen LogP contribution >= 0.6 is 11.6 Å². The molecule has 29 heavy (non-hydrogen) atoms. The van der Waals surface area contributed by atoms with Gasteiger partial charge in [-0.2, -0.15) is 0 Å². The number of anilines is 1. The van der Waals surface area contributed by atoms with Crippen molar-refractivity contribution >= 4 is 33.2 Å². The van der Waals surface area contributed by atoms with E-state index in [1.54, 1.807) is 24.3 Å². The van der Waals surface area contributed by atoms with Gasteiger partial charge in [0.2, 0.25) is 0 Å². The van der Waals surface area contributed by atoms with Gasteiger partial charge in [0, 0.05) is 7.05 Å². The fourth-order valence-corrected chi connectivity index (χ4v) is 4.28. The lowest BCUT2D eigenvalue weighted by atomic mass is 10.1. The largest absolute Gasteiger partial charge is 0.345 e. The Hall–Kier alpha value is -2.83. The number of sulfonamides is 1. The van der Waals surface area contributed by atoms with Crippen LogP contribution in [0.5, 0.6) is 0 Å². The first-order valence-corrected chi connectivity index (χ1v) is 10.8. The number of benzene rings is 3. The van der Waals surface area contributed by atoms with Crippen molar-refractivity contribution in [2.24, 2.45) is 0 Å². The van der Waals surface area contributed by atoms with E-state index in [9.17, 15) is 13.2 Å². The molecule has 7 heteroatoms. The fraction of sp³-hybridized carbons (Fsp3) is 0.136. The van der Waals surface area contributed by atoms with Crippen LogP contribution in [0.1, 0.15) is 28.9 Å². The smallest absolute Gasteiger partial charge is 0.264 e. The van der Waals surface area contributed by atoms with Gasteiger partial charge in [0.1, 0.15) is 0 Å². The Balaban J connectivity index is 1.87. The summed E-state index contributed by atoms with van der Waals surface area (Å²) < 4.78 is 26.8. The maximum absolute atomic E-state index is 12.9. The fourth-order valence-electron chi connectivity index (χ4n) is 2.87. The summed E-state index contributed by atoms with van der Waals surface area (Å²) in [7, 11) is -2.31. The van der Waals surface area contributed by atoms with E-state index in [1.807, 2.05) is 37.3 Å². The number of rotatable bonds is 6. The van der Waals surface area contributed by atoms with E-state index in [0.717, 1.165) is 9.87 Å². The molecule has 0 bridgehead atoms. The zero-order valence-electron chi connectivity index (χ0n) is 16.0. The molecule has 1 amide bonds. The summed E-state index contributed by atoms with van der Waals surface area (Å²) in [5, 5.41) is 3.15. The van der Waals surface area contributed by atoms with Gasteiger partial charge >= 0.3 is 0 Å². The second-order valence-corrected chi connectivity index (χ2v) is 8.93. The van der Waals surface area contributed by atoms with Crippen molar-refractivity contribution in [3.05, 3.63) is 95.0 Å². The molecule has 3 rings (SSSR count). The van der Waals surface area contributed by atoms with E-state index in [0.29, 0.717) is 5.69 Å². The molecule has 1 atom stereocenters. The van der Waals surface area contributed by atoms with Crippen molar-refractivity contribution in [1.29, 1.82) is 0 Å². The summed E-state index contributed by atoms with van der Waals surface area (Å²) in [6, 6.07) is 22.0. The normalized spacial score (nSPS) is 12.2. The second-order valence-electron chi connectivity index (χ2n) is 6.56. The van der Waals surface area contributed by atoms with Gasteiger partial charge in [-0.05, 0) is 42.8 Å². The highest BCUT2D eigenvalue weighted by Gasteiger charge is 2.23. The van der Waals surface area contributed by atoms with Crippen molar-refractivity contribution in [3.63, 3.8) is 0 Å². The first kappa shape index (κ1) is 20.9. The summed E-state index contributed by atoms with van der Waals surface area (Å²) in [5.41, 5.74) is 1.51. The molecule has 0 aliphatic rings. The van der Waals surface area contributed by atoms with Crippen LogP contribution in [-0.4, -0.2) is 21.4 Å². The Morgan fingerprint density at radius 3 is 2.17 bits per heavy atom. The number of nitrogens with one attached hydrogen (secondary N) is 1. The van der Waals surface area contributed by atoms with Gasteiger partial charge < -0.3 is 5.32 Å². The average Bonchev–Trinajstić information content (AvgIpc) is 2.74. The number of halogens is 1. The predicted molar refractivity (Wildman–Crippen MR) is 116 cm³/mol. The quantitative estimate of drug-likeness (QED) is 0.621. The predicted octanol–water partition coefficient (Wildman–Crippen LogP) is 4.66. The molecule has 0 saturated heterocycles. The molecule has 0 saturated carbocycles. The summed E-state index contributed by atoms with van der Waals surface area (Å²) in [6.45, 7) is 1.87. The lowest BCUT2D eigenvalue weighted by Crippen LogP contribution is -2.29. The number of carbonyl (C=O) groups is 1. The monoisotopic (exact) mass is 428 g/mol. The molecule has 3 aromatic rings. The molecule has 0 spiro atoms. The third kappa shape index (κ3) is 4.60. The van der Waals surface area contributed by atoms with Crippen LogP contribution < -0.4 is 9.62 Å². The molecular formula is C22H21ClN2O3S. The van der Waals surface area contributed by atoms with Gasteiger partial charge in [0.15, 0.2) is 0 Å². The molecule has 5 nitrogen and oxygen atoms in total. The highest BCUT2D eigenvalue weighted by molar-refractivity contribution is 7.92. The number of amides is 1. The van der Waals surface area contributed by atoms with Gasteiger partial charge in [0.05, 0.1) is 27.2 Å². The lowest BCUT2D eigenvalue weighted by molar-refractivity contribution is 0.0940. The van der Waals surface area contributed by atoms with Crippen LogP contribution in [0.15, 0.2) is 83.8 Å². The van der Waals surface area contributed by atoms with Gasteiger partial charge in [-0.1, -0.05) is 60.1 Å². The summed E-state index contributed by atoms with van der Waals surface area (Å²) in [5.74, 6) is -0.376. The lowest BCUT2D eigenvalue weighted by Gasteiger charge is -2.21. The minimum Gasteiger partial charge on any atom is -0.345 e. The highest BCUT2D eigenvalue weighted by Crippen LogP contribution is 2.27. The molecule has 0 aromatic heterocycles. The molecule has 0 unspecified atom stereocenters. The highest BCUT2D eigenvalue weighted by atomic mass is 35.5. The number of carbonyl (C=O) groups excluding carboxylic acids is 1. The summed E-state index contributed by atoms with van der Waals surface area (Å²) >= 11 is 6.23. The minimum absolute atomic E-state index is 0.168. The van der Waals surface area contributed by atoms with Crippen molar-refractivity contribution in [2.75, 3.05) is 11.4 Å². The summed E-state index contributed by atoms with van der Waals surface area (Å²) in [6.07, 6.45) is 0. The van der Waals surface area contributed by atoms with Crippen LogP contribution in [0.3, 0.4) is 0 Å². The topological polar surface area (TPSA) is 66.5 Å². The first-order valence-electron chi connectivity index (χ1n) is 9.00. The van der Waals surface area contributed by atoms with Gasteiger partial charge in [0.25, 0.3) is 15.9 Å². The SMILES string of the molecule is C[C@@H](NC(=O)c1cc(N(C)S(=O)(=O)c2ccccc2)ccc1Cl)c1ccccc1. The van der Waals surface area contributed by atoms with E-state index in [1.165, 1.54) is 31.3 Å². The van der Waals surface area contributed by atoms with E-state index >= 15 is 0 Å². The molecule has 150 valence electrons. The Morgan fingerprint density at radius 1 is 0.966 bits per heavy atom. The maximum Gasteiger partial charge on any atom is 0.264 e. The van der Waals surface area contributed by atoms with Crippen molar-refractivity contribution in [1.82, 2.24) is 5.32 Å². The van der Waals surface area contributed by atoms with Crippen LogP contribution in [0.4, 0.5) is 5.69 Å². The molecule has 0 fully saturated rings. The molecular weight excluding hydrogens is 408 g/mol. The minimum atomic E-state index is -3.75. The van der Waals surface area contributed by atoms with Crippen LogP contribution in [0.2, 0.25) is 5.02 Å². The van der Waals surface area contributed by atoms with Crippen LogP contribution in [0.25, 0.3) is 0 Å². The van der Waals surface area contributed by atoms with E-state index in [-0.39, 0.29) is 27.4 Å². The third-order valence-electron chi connectivity index (χ3n) is 4.61. The molecule has 1 N–H and O–H groups in total. The Kier molecular flexibility index (Phi) is 6.25. The zero-order chi connectivity index (χ0) is 21.0. The van der Waals surface area contributed by atoms with Gasteiger partial charge in [-0.15, -0.1) is 0 Å². The van der Waals surface area contributed by atoms with Crippen molar-refractivity contribution in [2.45, 2.75) is 17.9 Å².